The van der Waals surface area contributed by atoms with Crippen LogP contribution in [0.1, 0.15) is 13.8 Å². The highest BCUT2D eigenvalue weighted by Gasteiger charge is 2.07. The normalized spacial score (nSPS) is 10.9. The minimum atomic E-state index is -0.0572. The van der Waals surface area contributed by atoms with Crippen LogP contribution in [0, 0.1) is 0 Å². The summed E-state index contributed by atoms with van der Waals surface area (Å²) in [7, 11) is 1.64. The molecule has 2 aromatic rings. The summed E-state index contributed by atoms with van der Waals surface area (Å²) in [6.45, 7) is 7.96. The molecule has 0 fully saturated rings. The smallest absolute Gasteiger partial charge is 0.266 e. The number of quaternary nitrogens is 1. The number of ether oxygens (including phenoxy) is 1. The highest BCUT2D eigenvalue weighted by atomic mass is 16.5. The van der Waals surface area contributed by atoms with Gasteiger partial charge in [0.25, 0.3) is 5.56 Å². The van der Waals surface area contributed by atoms with E-state index in [-0.39, 0.29) is 5.56 Å². The molecule has 1 N–H and O–H groups in total. The Balaban J connectivity index is 2.24. The van der Waals surface area contributed by atoms with Gasteiger partial charge in [-0.05, 0) is 32.0 Å². The van der Waals surface area contributed by atoms with Crippen LogP contribution in [0.2, 0.25) is 0 Å². The Morgan fingerprint density at radius 2 is 1.95 bits per heavy atom. The predicted octanol–water partition coefficient (Wildman–Crippen LogP) is 0.844. The third-order valence-electron chi connectivity index (χ3n) is 3.91. The lowest BCUT2D eigenvalue weighted by Gasteiger charge is -2.15. The van der Waals surface area contributed by atoms with Crippen molar-refractivity contribution in [1.29, 1.82) is 0 Å². The minimum absolute atomic E-state index is 0.0572. The molecule has 0 aliphatic carbocycles. The van der Waals surface area contributed by atoms with Crippen LogP contribution < -0.4 is 15.2 Å². The zero-order valence-electron chi connectivity index (χ0n) is 13.5. The zero-order chi connectivity index (χ0) is 15.9. The minimum Gasteiger partial charge on any atom is -0.497 e. The van der Waals surface area contributed by atoms with Crippen LogP contribution in [0.4, 0.5) is 0 Å². The quantitative estimate of drug-likeness (QED) is 0.825. The summed E-state index contributed by atoms with van der Waals surface area (Å²) in [4.78, 5) is 13.4. The summed E-state index contributed by atoms with van der Waals surface area (Å²) in [5.41, 5.74) is 1.68. The van der Waals surface area contributed by atoms with Crippen LogP contribution >= 0.6 is 0 Å². The Kier molecular flexibility index (Phi) is 5.72. The number of benzene rings is 1. The monoisotopic (exact) mass is 302 g/mol. The maximum absolute atomic E-state index is 12.0. The van der Waals surface area contributed by atoms with Crippen molar-refractivity contribution in [3.05, 3.63) is 46.8 Å². The van der Waals surface area contributed by atoms with Crippen molar-refractivity contribution >= 4 is 0 Å². The third kappa shape index (κ3) is 3.95. The van der Waals surface area contributed by atoms with Crippen molar-refractivity contribution in [3.63, 3.8) is 0 Å². The van der Waals surface area contributed by atoms with Gasteiger partial charge in [0, 0.05) is 11.6 Å². The second-order valence-corrected chi connectivity index (χ2v) is 5.22. The molecular formula is C17H24N3O2+. The van der Waals surface area contributed by atoms with Gasteiger partial charge in [0.05, 0.1) is 39.0 Å². The number of hydrogen-bond acceptors (Lipinski definition) is 3. The van der Waals surface area contributed by atoms with Gasteiger partial charge in [-0.2, -0.15) is 5.10 Å². The van der Waals surface area contributed by atoms with Gasteiger partial charge in [-0.15, -0.1) is 0 Å². The van der Waals surface area contributed by atoms with Gasteiger partial charge in [0.2, 0.25) is 0 Å². The van der Waals surface area contributed by atoms with E-state index in [0.29, 0.717) is 6.54 Å². The van der Waals surface area contributed by atoms with Gasteiger partial charge in [-0.3, -0.25) is 4.79 Å². The standard InChI is InChI=1S/C17H23N3O2/c1-4-19(5-2)11-12-20-17(21)10-9-16(18-20)14-7-6-8-15(13-14)22-3/h6-10,13H,4-5,11-12H2,1-3H3/p+1. The summed E-state index contributed by atoms with van der Waals surface area (Å²) in [6, 6.07) is 11.0. The first-order chi connectivity index (χ1) is 10.7. The first-order valence-corrected chi connectivity index (χ1v) is 7.74. The lowest BCUT2D eigenvalue weighted by atomic mass is 10.1. The SMILES string of the molecule is CC[NH+](CC)CCn1nc(-c2cccc(OC)c2)ccc1=O. The largest absolute Gasteiger partial charge is 0.497 e. The van der Waals surface area contributed by atoms with Gasteiger partial charge < -0.3 is 9.64 Å². The molecule has 0 atom stereocenters. The van der Waals surface area contributed by atoms with Crippen molar-refractivity contribution in [1.82, 2.24) is 9.78 Å². The molecule has 118 valence electrons. The molecule has 1 heterocycles. The lowest BCUT2D eigenvalue weighted by Crippen LogP contribution is -3.11. The van der Waals surface area contributed by atoms with Gasteiger partial charge in [-0.25, -0.2) is 4.68 Å². The van der Waals surface area contributed by atoms with Crippen molar-refractivity contribution in [2.45, 2.75) is 20.4 Å². The molecule has 0 amide bonds. The lowest BCUT2D eigenvalue weighted by molar-refractivity contribution is -0.897. The Hall–Kier alpha value is -2.14. The van der Waals surface area contributed by atoms with Crippen molar-refractivity contribution in [2.24, 2.45) is 0 Å². The molecule has 1 aromatic carbocycles. The summed E-state index contributed by atoms with van der Waals surface area (Å²) in [5.74, 6) is 0.782. The Morgan fingerprint density at radius 1 is 1.18 bits per heavy atom. The first-order valence-electron chi connectivity index (χ1n) is 7.74. The maximum atomic E-state index is 12.0. The van der Waals surface area contributed by atoms with Crippen LogP contribution in [0.3, 0.4) is 0 Å². The summed E-state index contributed by atoms with van der Waals surface area (Å²) in [6.07, 6.45) is 0. The van der Waals surface area contributed by atoms with Gasteiger partial charge in [0.15, 0.2) is 0 Å². The van der Waals surface area contributed by atoms with Crippen molar-refractivity contribution in [2.75, 3.05) is 26.7 Å². The predicted molar refractivity (Wildman–Crippen MR) is 87.4 cm³/mol. The molecule has 0 saturated heterocycles. The van der Waals surface area contributed by atoms with E-state index < -0.39 is 0 Å². The number of aromatic nitrogens is 2. The number of hydrogen-bond donors (Lipinski definition) is 1. The number of nitrogens with zero attached hydrogens (tertiary/aromatic N) is 2. The number of rotatable bonds is 7. The van der Waals surface area contributed by atoms with Gasteiger partial charge in [0.1, 0.15) is 5.75 Å². The van der Waals surface area contributed by atoms with Crippen LogP contribution in [-0.4, -0.2) is 36.5 Å². The molecule has 0 spiro atoms. The zero-order valence-corrected chi connectivity index (χ0v) is 13.5. The second-order valence-electron chi connectivity index (χ2n) is 5.22. The molecule has 22 heavy (non-hydrogen) atoms. The van der Waals surface area contributed by atoms with E-state index >= 15 is 0 Å². The van der Waals surface area contributed by atoms with Crippen molar-refractivity contribution < 1.29 is 9.64 Å². The molecule has 5 heteroatoms. The average molecular weight is 302 g/mol. The van der Waals surface area contributed by atoms with E-state index in [0.717, 1.165) is 36.6 Å². The van der Waals surface area contributed by atoms with Gasteiger partial charge in [-0.1, -0.05) is 12.1 Å². The summed E-state index contributed by atoms with van der Waals surface area (Å²) < 4.78 is 6.79. The molecule has 5 nitrogen and oxygen atoms in total. The average Bonchev–Trinajstić information content (AvgIpc) is 2.57. The maximum Gasteiger partial charge on any atom is 0.266 e. The Morgan fingerprint density at radius 3 is 2.64 bits per heavy atom. The number of likely N-dealkylation sites (N-methyl/N-ethyl adjacent to an activating group) is 1. The molecule has 0 unspecified atom stereocenters. The Bertz CT molecular complexity index is 663. The van der Waals surface area contributed by atoms with Crippen LogP contribution in [0.25, 0.3) is 11.3 Å². The molecular weight excluding hydrogens is 278 g/mol. The highest BCUT2D eigenvalue weighted by Crippen LogP contribution is 2.20. The first kappa shape index (κ1) is 16.2. The molecule has 0 aliphatic heterocycles. The van der Waals surface area contributed by atoms with E-state index in [9.17, 15) is 4.79 Å². The second kappa shape index (κ2) is 7.75. The fraction of sp³-hybridized carbons (Fsp3) is 0.412. The fourth-order valence-corrected chi connectivity index (χ4v) is 2.41. The van der Waals surface area contributed by atoms with E-state index in [1.54, 1.807) is 23.9 Å². The summed E-state index contributed by atoms with van der Waals surface area (Å²) >= 11 is 0. The fourth-order valence-electron chi connectivity index (χ4n) is 2.41. The van der Waals surface area contributed by atoms with E-state index in [1.165, 1.54) is 4.90 Å². The molecule has 0 radical (unpaired) electrons. The van der Waals surface area contributed by atoms with Crippen molar-refractivity contribution in [3.8, 4) is 17.0 Å². The topological polar surface area (TPSA) is 48.6 Å². The molecule has 2 rings (SSSR count). The number of nitrogens with one attached hydrogen (secondary N) is 1. The van der Waals surface area contributed by atoms with Gasteiger partial charge >= 0.3 is 0 Å². The third-order valence-corrected chi connectivity index (χ3v) is 3.91. The van der Waals surface area contributed by atoms with Crippen LogP contribution in [0.5, 0.6) is 5.75 Å². The van der Waals surface area contributed by atoms with Crippen LogP contribution in [0.15, 0.2) is 41.2 Å². The van der Waals surface area contributed by atoms with Crippen LogP contribution in [-0.2, 0) is 6.54 Å². The van der Waals surface area contributed by atoms with E-state index in [4.69, 9.17) is 4.74 Å². The van der Waals surface area contributed by atoms with E-state index in [1.807, 2.05) is 24.3 Å². The molecule has 0 saturated carbocycles. The summed E-state index contributed by atoms with van der Waals surface area (Å²) in [5, 5.41) is 4.49. The highest BCUT2D eigenvalue weighted by molar-refractivity contribution is 5.60. The number of methoxy groups -OCH3 is 1. The molecule has 0 aliphatic rings. The molecule has 0 bridgehead atoms. The Labute approximate surface area is 131 Å². The molecule has 1 aromatic heterocycles. The van der Waals surface area contributed by atoms with E-state index in [2.05, 4.69) is 18.9 Å².